The van der Waals surface area contributed by atoms with Crippen LogP contribution in [0.2, 0.25) is 0 Å². The Morgan fingerprint density at radius 2 is 0.577 bits per heavy atom. The van der Waals surface area contributed by atoms with Crippen molar-refractivity contribution in [2.24, 2.45) is 0 Å². The summed E-state index contributed by atoms with van der Waals surface area (Å²) in [5.41, 5.74) is -0.430. The molecular weight excluding hydrogens is 320 g/mol. The van der Waals surface area contributed by atoms with Crippen LogP contribution in [0.1, 0.15) is 145 Å². The van der Waals surface area contributed by atoms with E-state index in [0.717, 1.165) is 0 Å². The number of hydrogen-bond donors (Lipinski definition) is 0. The van der Waals surface area contributed by atoms with Gasteiger partial charge in [-0.15, -0.1) is 0 Å². The quantitative estimate of drug-likeness (QED) is 0.172. The predicted octanol–water partition coefficient (Wildman–Crippen LogP) is 9.02. The average Bonchev–Trinajstić information content (AvgIpc) is 2.54. The Labute approximate surface area is 166 Å². The molecule has 0 aliphatic rings. The first-order valence-corrected chi connectivity index (χ1v) is 11.5. The molecule has 26 heavy (non-hydrogen) atoms. The van der Waals surface area contributed by atoms with E-state index in [9.17, 15) is 0 Å². The minimum atomic E-state index is -0.215. The largest absolute Gasteiger partial charge is 0.230 e. The molecule has 0 aliphatic heterocycles. The second kappa shape index (κ2) is 18.3. The molecule has 0 unspecified atom stereocenters. The molecule has 0 atom stereocenters. The lowest BCUT2D eigenvalue weighted by molar-refractivity contribution is -0.393. The summed E-state index contributed by atoms with van der Waals surface area (Å²) in [6.45, 7) is 16.3. The molecule has 0 amide bonds. The lowest BCUT2D eigenvalue weighted by Crippen LogP contribution is -2.27. The zero-order valence-corrected chi connectivity index (χ0v) is 19.7. The van der Waals surface area contributed by atoms with Gasteiger partial charge in [-0.05, 0) is 41.5 Å². The molecule has 2 heteroatoms. The van der Waals surface area contributed by atoms with E-state index < -0.39 is 0 Å². The van der Waals surface area contributed by atoms with Crippen LogP contribution in [-0.2, 0) is 9.78 Å². The summed E-state index contributed by atoms with van der Waals surface area (Å²) >= 11 is 0. The van der Waals surface area contributed by atoms with Gasteiger partial charge in [0.2, 0.25) is 0 Å². The summed E-state index contributed by atoms with van der Waals surface area (Å²) in [6, 6.07) is 0. The molecule has 0 aromatic rings. The van der Waals surface area contributed by atoms with Gasteiger partial charge < -0.3 is 0 Å². The Bertz CT molecular complexity index is 232. The molecule has 0 saturated heterocycles. The first-order valence-electron chi connectivity index (χ1n) is 11.5. The van der Waals surface area contributed by atoms with Crippen LogP contribution in [0.5, 0.6) is 0 Å². The van der Waals surface area contributed by atoms with E-state index in [2.05, 4.69) is 13.8 Å². The molecule has 0 heterocycles. The third kappa shape index (κ3) is 31.7. The Hall–Kier alpha value is -0.0800. The van der Waals surface area contributed by atoms with Crippen molar-refractivity contribution in [2.75, 3.05) is 0 Å². The average molecular weight is 373 g/mol. The van der Waals surface area contributed by atoms with Crippen LogP contribution >= 0.6 is 0 Å². The summed E-state index contributed by atoms with van der Waals surface area (Å²) in [5.74, 6) is 0. The van der Waals surface area contributed by atoms with E-state index in [1.165, 1.54) is 89.9 Å². The summed E-state index contributed by atoms with van der Waals surface area (Å²) in [4.78, 5) is 10.2. The minimum absolute atomic E-state index is 0.215. The first-order chi connectivity index (χ1) is 12.1. The van der Waals surface area contributed by atoms with Crippen molar-refractivity contribution in [3.8, 4) is 0 Å². The fraction of sp³-hybridized carbons (Fsp3) is 1.00. The number of unbranched alkanes of at least 4 members (excludes halogenated alkanes) is 13. The van der Waals surface area contributed by atoms with Crippen LogP contribution in [0.3, 0.4) is 0 Å². The lowest BCUT2D eigenvalue weighted by Gasteiger charge is -2.24. The van der Waals surface area contributed by atoms with E-state index in [-0.39, 0.29) is 11.2 Å². The van der Waals surface area contributed by atoms with Crippen molar-refractivity contribution in [3.63, 3.8) is 0 Å². The Morgan fingerprint density at radius 1 is 0.385 bits per heavy atom. The minimum Gasteiger partial charge on any atom is -0.230 e. The van der Waals surface area contributed by atoms with Gasteiger partial charge in [0.1, 0.15) is 0 Å². The highest BCUT2D eigenvalue weighted by molar-refractivity contribution is 4.58. The maximum absolute atomic E-state index is 5.09. The predicted molar refractivity (Wildman–Crippen MR) is 118 cm³/mol. The first kappa shape index (κ1) is 28.1. The fourth-order valence-electron chi connectivity index (χ4n) is 2.52. The van der Waals surface area contributed by atoms with Gasteiger partial charge in [-0.2, -0.15) is 0 Å². The molecule has 2 nitrogen and oxygen atoms in total. The van der Waals surface area contributed by atoms with Gasteiger partial charge in [-0.3, -0.25) is 0 Å². The van der Waals surface area contributed by atoms with Gasteiger partial charge in [0.05, 0.1) is 11.2 Å². The molecule has 0 fully saturated rings. The highest BCUT2D eigenvalue weighted by Crippen LogP contribution is 2.15. The van der Waals surface area contributed by atoms with Crippen LogP contribution in [0.4, 0.5) is 0 Å². The molecule has 0 rings (SSSR count). The number of hydrogen-bond acceptors (Lipinski definition) is 2. The fourth-order valence-corrected chi connectivity index (χ4v) is 2.52. The van der Waals surface area contributed by atoms with E-state index in [0.29, 0.717) is 0 Å². The summed E-state index contributed by atoms with van der Waals surface area (Å²) in [5, 5.41) is 0. The van der Waals surface area contributed by atoms with Crippen molar-refractivity contribution in [1.29, 1.82) is 0 Å². The van der Waals surface area contributed by atoms with Crippen molar-refractivity contribution >= 4 is 0 Å². The van der Waals surface area contributed by atoms with Crippen molar-refractivity contribution in [2.45, 2.75) is 156 Å². The van der Waals surface area contributed by atoms with Crippen molar-refractivity contribution in [1.82, 2.24) is 0 Å². The molecule has 0 aliphatic carbocycles. The SMILES string of the molecule is CC(C)(C)OOC(C)(C)C.CCCCCCCCCCCCCCCC. The third-order valence-corrected chi connectivity index (χ3v) is 4.00. The Kier molecular flexibility index (Phi) is 19.8. The Balaban J connectivity index is 0. The Morgan fingerprint density at radius 3 is 0.731 bits per heavy atom. The lowest BCUT2D eigenvalue weighted by atomic mass is 10.0. The van der Waals surface area contributed by atoms with Crippen molar-refractivity contribution in [3.05, 3.63) is 0 Å². The molecule has 0 spiro atoms. The molecular formula is C24H52O2. The summed E-state index contributed by atoms with van der Waals surface area (Å²) in [6.07, 6.45) is 20.4. The van der Waals surface area contributed by atoms with Crippen LogP contribution in [0.15, 0.2) is 0 Å². The molecule has 0 saturated carbocycles. The highest BCUT2D eigenvalue weighted by atomic mass is 17.2. The topological polar surface area (TPSA) is 18.5 Å². The van der Waals surface area contributed by atoms with E-state index in [1.54, 1.807) is 0 Å². The maximum Gasteiger partial charge on any atom is 0.0952 e. The van der Waals surface area contributed by atoms with E-state index in [4.69, 9.17) is 9.78 Å². The molecule has 0 aromatic carbocycles. The van der Waals surface area contributed by atoms with Gasteiger partial charge >= 0.3 is 0 Å². The molecule has 0 radical (unpaired) electrons. The van der Waals surface area contributed by atoms with E-state index in [1.807, 2.05) is 41.5 Å². The normalized spacial score (nSPS) is 12.0. The van der Waals surface area contributed by atoms with Gasteiger partial charge in [0.25, 0.3) is 0 Å². The standard InChI is InChI=1S/C16H34.C8H18O2/c1-3-5-7-9-11-13-15-16-14-12-10-8-6-4-2;1-7(2,3)9-10-8(4,5)6/h3-16H2,1-2H3;1-6H3. The zero-order valence-electron chi connectivity index (χ0n) is 19.7. The van der Waals surface area contributed by atoms with Gasteiger partial charge in [-0.25, -0.2) is 9.78 Å². The highest BCUT2D eigenvalue weighted by Gasteiger charge is 2.18. The second-order valence-electron chi connectivity index (χ2n) is 9.63. The van der Waals surface area contributed by atoms with E-state index >= 15 is 0 Å². The third-order valence-electron chi connectivity index (χ3n) is 4.00. The maximum atomic E-state index is 5.09. The van der Waals surface area contributed by atoms with Crippen LogP contribution in [0.25, 0.3) is 0 Å². The van der Waals surface area contributed by atoms with Crippen molar-refractivity contribution < 1.29 is 9.78 Å². The molecule has 0 aromatic heterocycles. The number of rotatable bonds is 14. The van der Waals surface area contributed by atoms with Gasteiger partial charge in [-0.1, -0.05) is 104 Å². The zero-order chi connectivity index (χ0) is 20.3. The summed E-state index contributed by atoms with van der Waals surface area (Å²) in [7, 11) is 0. The van der Waals surface area contributed by atoms with Gasteiger partial charge in [0, 0.05) is 0 Å². The van der Waals surface area contributed by atoms with Crippen LogP contribution < -0.4 is 0 Å². The van der Waals surface area contributed by atoms with Crippen LogP contribution in [0, 0.1) is 0 Å². The monoisotopic (exact) mass is 372 g/mol. The van der Waals surface area contributed by atoms with Gasteiger partial charge in [0.15, 0.2) is 0 Å². The second-order valence-corrected chi connectivity index (χ2v) is 9.63. The molecule has 160 valence electrons. The van der Waals surface area contributed by atoms with Crippen LogP contribution in [-0.4, -0.2) is 11.2 Å². The smallest absolute Gasteiger partial charge is 0.0952 e. The molecule has 0 N–H and O–H groups in total. The molecule has 0 bridgehead atoms. The summed E-state index contributed by atoms with van der Waals surface area (Å²) < 4.78 is 0.